The second-order valence-electron chi connectivity index (χ2n) is 8.12. The summed E-state index contributed by atoms with van der Waals surface area (Å²) in [6.45, 7) is 5.26. The smallest absolute Gasteiger partial charge is 0.194 e. The first-order chi connectivity index (χ1) is 15.2. The fourth-order valence-electron chi connectivity index (χ4n) is 3.89. The van der Waals surface area contributed by atoms with Gasteiger partial charge in [0.2, 0.25) is 0 Å². The number of hydrogen-bond acceptors (Lipinski definition) is 2. The van der Waals surface area contributed by atoms with Gasteiger partial charge in [-0.15, -0.1) is 0 Å². The van der Waals surface area contributed by atoms with Crippen molar-refractivity contribution in [1.29, 1.82) is 0 Å². The molecule has 3 aromatic heterocycles. The molecule has 0 bridgehead atoms. The van der Waals surface area contributed by atoms with Crippen LogP contribution in [0.1, 0.15) is 23.2 Å². The zero-order valence-electron chi connectivity index (χ0n) is 17.9. The lowest BCUT2D eigenvalue weighted by molar-refractivity contribution is -0.696. The number of benzene rings is 2. The van der Waals surface area contributed by atoms with Crippen LogP contribution in [0.2, 0.25) is 0 Å². The highest BCUT2D eigenvalue weighted by atomic mass is 15.0. The molecule has 0 atom stereocenters. The lowest BCUT2D eigenvalue weighted by Crippen LogP contribution is -2.32. The summed E-state index contributed by atoms with van der Waals surface area (Å²) < 4.78 is 2.21. The largest absolute Gasteiger partial charge is 0.348 e. The molecule has 0 aliphatic carbocycles. The Hall–Kier alpha value is -3.73. The Labute approximate surface area is 181 Å². The predicted octanol–water partition coefficient (Wildman–Crippen LogP) is 5.16. The highest BCUT2D eigenvalue weighted by Gasteiger charge is 2.10. The maximum Gasteiger partial charge on any atom is 0.194 e. The SMILES string of the molecule is Cc1ccc(-c2ccc(-c3nc4cc[n+](CCCc5cnc[nH]5)cc4[nH]3)cc2)cc1C. The Bertz CT molecular complexity index is 1310. The Kier molecular flexibility index (Phi) is 5.08. The molecule has 2 aromatic carbocycles. The average Bonchev–Trinajstić information content (AvgIpc) is 3.45. The summed E-state index contributed by atoms with van der Waals surface area (Å²) in [6.07, 6.45) is 9.91. The van der Waals surface area contributed by atoms with Crippen LogP contribution in [-0.4, -0.2) is 19.9 Å². The standard InChI is InChI=1S/C26H25N5/c1-18-5-6-22(14-19(18)2)20-7-9-21(10-8-20)26-29-24-11-13-31(16-25(24)30-26)12-3-4-23-15-27-17-28-23/h5-11,13-17H,3-4,12H2,1-2H3,(H,27,28)/p+1. The number of hydrogen-bond donors (Lipinski definition) is 2. The molecular formula is C26H26N5+. The maximum atomic E-state index is 4.79. The Morgan fingerprint density at radius 1 is 0.903 bits per heavy atom. The third kappa shape index (κ3) is 4.12. The molecule has 5 heteroatoms. The van der Waals surface area contributed by atoms with E-state index in [0.717, 1.165) is 41.8 Å². The molecule has 0 unspecified atom stereocenters. The summed E-state index contributed by atoms with van der Waals surface area (Å²) in [6, 6.07) is 17.3. The number of fused-ring (bicyclic) bond motifs is 1. The van der Waals surface area contributed by atoms with Crippen molar-refractivity contribution in [2.24, 2.45) is 0 Å². The molecule has 0 amide bonds. The summed E-state index contributed by atoms with van der Waals surface area (Å²) in [7, 11) is 0. The van der Waals surface area contributed by atoms with Crippen molar-refractivity contribution < 1.29 is 4.57 Å². The first-order valence-electron chi connectivity index (χ1n) is 10.7. The monoisotopic (exact) mass is 408 g/mol. The van der Waals surface area contributed by atoms with Crippen molar-refractivity contribution in [3.63, 3.8) is 0 Å². The number of nitrogens with zero attached hydrogens (tertiary/aromatic N) is 3. The van der Waals surface area contributed by atoms with E-state index in [1.54, 1.807) is 6.33 Å². The fraction of sp³-hybridized carbons (Fsp3) is 0.192. The normalized spacial score (nSPS) is 11.3. The van der Waals surface area contributed by atoms with Gasteiger partial charge < -0.3 is 9.97 Å². The lowest BCUT2D eigenvalue weighted by atomic mass is 9.99. The molecule has 154 valence electrons. The molecule has 0 fully saturated rings. The van der Waals surface area contributed by atoms with Gasteiger partial charge in [-0.05, 0) is 42.5 Å². The van der Waals surface area contributed by atoms with Gasteiger partial charge in [0.25, 0.3) is 0 Å². The third-order valence-corrected chi connectivity index (χ3v) is 5.90. The van der Waals surface area contributed by atoms with Crippen molar-refractivity contribution >= 4 is 11.0 Å². The van der Waals surface area contributed by atoms with E-state index in [4.69, 9.17) is 4.98 Å². The number of nitrogens with one attached hydrogen (secondary N) is 2. The van der Waals surface area contributed by atoms with Gasteiger partial charge >= 0.3 is 0 Å². The van der Waals surface area contributed by atoms with E-state index in [9.17, 15) is 0 Å². The number of aryl methyl sites for hydroxylation is 4. The van der Waals surface area contributed by atoms with E-state index in [1.165, 1.54) is 27.9 Å². The number of H-pyrrole nitrogens is 2. The van der Waals surface area contributed by atoms with E-state index in [-0.39, 0.29) is 0 Å². The topological polar surface area (TPSA) is 61.2 Å². The van der Waals surface area contributed by atoms with Gasteiger partial charge in [-0.2, -0.15) is 0 Å². The maximum absolute atomic E-state index is 4.79. The minimum atomic E-state index is 0.900. The van der Waals surface area contributed by atoms with Crippen LogP contribution in [0.25, 0.3) is 33.5 Å². The minimum Gasteiger partial charge on any atom is -0.348 e. The quantitative estimate of drug-likeness (QED) is 0.381. The van der Waals surface area contributed by atoms with Gasteiger partial charge in [-0.3, -0.25) is 0 Å². The van der Waals surface area contributed by atoms with Crippen LogP contribution in [0, 0.1) is 13.8 Å². The molecule has 2 N–H and O–H groups in total. The molecule has 0 radical (unpaired) electrons. The van der Waals surface area contributed by atoms with Crippen LogP contribution in [-0.2, 0) is 13.0 Å². The highest BCUT2D eigenvalue weighted by molar-refractivity contribution is 5.78. The molecule has 0 saturated heterocycles. The van der Waals surface area contributed by atoms with Crippen molar-refractivity contribution in [2.45, 2.75) is 33.2 Å². The van der Waals surface area contributed by atoms with Crippen LogP contribution < -0.4 is 4.57 Å². The second kappa shape index (κ2) is 8.19. The highest BCUT2D eigenvalue weighted by Crippen LogP contribution is 2.26. The van der Waals surface area contributed by atoms with Crippen molar-refractivity contribution in [3.8, 4) is 22.5 Å². The summed E-state index contributed by atoms with van der Waals surface area (Å²) in [5.41, 5.74) is 9.41. The molecular weight excluding hydrogens is 382 g/mol. The second-order valence-corrected chi connectivity index (χ2v) is 8.12. The predicted molar refractivity (Wildman–Crippen MR) is 124 cm³/mol. The molecule has 0 aliphatic rings. The van der Waals surface area contributed by atoms with Crippen molar-refractivity contribution in [2.75, 3.05) is 0 Å². The Morgan fingerprint density at radius 3 is 2.48 bits per heavy atom. The Balaban J connectivity index is 1.33. The van der Waals surface area contributed by atoms with Crippen LogP contribution in [0.3, 0.4) is 0 Å². The van der Waals surface area contributed by atoms with Crippen molar-refractivity contribution in [1.82, 2.24) is 19.9 Å². The summed E-state index contributed by atoms with van der Waals surface area (Å²) in [5, 5.41) is 0. The number of rotatable bonds is 6. The lowest BCUT2D eigenvalue weighted by Gasteiger charge is -2.06. The zero-order chi connectivity index (χ0) is 21.2. The van der Waals surface area contributed by atoms with E-state index < -0.39 is 0 Å². The zero-order valence-corrected chi connectivity index (χ0v) is 17.9. The molecule has 0 saturated carbocycles. The van der Waals surface area contributed by atoms with Crippen LogP contribution in [0.15, 0.2) is 73.4 Å². The van der Waals surface area contributed by atoms with Crippen LogP contribution >= 0.6 is 0 Å². The van der Waals surface area contributed by atoms with E-state index in [1.807, 2.05) is 6.20 Å². The fourth-order valence-corrected chi connectivity index (χ4v) is 3.89. The van der Waals surface area contributed by atoms with Crippen LogP contribution in [0.5, 0.6) is 0 Å². The van der Waals surface area contributed by atoms with E-state index >= 15 is 0 Å². The first kappa shape index (κ1) is 19.2. The molecule has 3 heterocycles. The Morgan fingerprint density at radius 2 is 1.71 bits per heavy atom. The minimum absolute atomic E-state index is 0.900. The molecule has 5 nitrogen and oxygen atoms in total. The number of aromatic amines is 2. The summed E-state index contributed by atoms with van der Waals surface area (Å²) in [4.78, 5) is 15.5. The number of aromatic nitrogens is 5. The van der Waals surface area contributed by atoms with Gasteiger partial charge in [-0.25, -0.2) is 14.5 Å². The van der Waals surface area contributed by atoms with Gasteiger partial charge in [0.05, 0.1) is 6.33 Å². The average molecular weight is 409 g/mol. The number of imidazole rings is 2. The summed E-state index contributed by atoms with van der Waals surface area (Å²) >= 11 is 0. The van der Waals surface area contributed by atoms with Gasteiger partial charge in [0.1, 0.15) is 23.4 Å². The summed E-state index contributed by atoms with van der Waals surface area (Å²) in [5.74, 6) is 0.900. The van der Waals surface area contributed by atoms with Gasteiger partial charge in [-0.1, -0.05) is 42.5 Å². The van der Waals surface area contributed by atoms with Gasteiger partial charge in [0, 0.05) is 29.9 Å². The van der Waals surface area contributed by atoms with E-state index in [0.29, 0.717) is 0 Å². The molecule has 5 rings (SSSR count). The van der Waals surface area contributed by atoms with Gasteiger partial charge in [0.15, 0.2) is 12.4 Å². The molecule has 0 aliphatic heterocycles. The number of pyridine rings is 1. The third-order valence-electron chi connectivity index (χ3n) is 5.90. The first-order valence-corrected chi connectivity index (χ1v) is 10.7. The van der Waals surface area contributed by atoms with E-state index in [2.05, 4.69) is 94.3 Å². The molecule has 5 aromatic rings. The van der Waals surface area contributed by atoms with Crippen molar-refractivity contribution in [3.05, 3.63) is 90.3 Å². The van der Waals surface area contributed by atoms with Crippen LogP contribution in [0.4, 0.5) is 0 Å². The molecule has 0 spiro atoms. The molecule has 31 heavy (non-hydrogen) atoms.